The Bertz CT molecular complexity index is 403. The number of nitro groups is 1. The highest BCUT2D eigenvalue weighted by Crippen LogP contribution is 2.17. The van der Waals surface area contributed by atoms with E-state index in [2.05, 4.69) is 40.7 Å². The molecule has 0 aliphatic heterocycles. The summed E-state index contributed by atoms with van der Waals surface area (Å²) in [4.78, 5) is 9.98. The van der Waals surface area contributed by atoms with Gasteiger partial charge in [-0.1, -0.05) is 19.6 Å². The van der Waals surface area contributed by atoms with Crippen LogP contribution in [0.3, 0.4) is 0 Å². The number of ether oxygens (including phenoxy) is 1. The lowest BCUT2D eigenvalue weighted by Crippen LogP contribution is -2.22. The number of aromatic nitrogens is 2. The topological polar surface area (TPSA) is 70.2 Å². The maximum Gasteiger partial charge on any atom is 0.391 e. The molecule has 0 fully saturated rings. The van der Waals surface area contributed by atoms with Crippen molar-refractivity contribution in [2.24, 2.45) is 0 Å². The number of halogens is 1. The van der Waals surface area contributed by atoms with E-state index in [9.17, 15) is 10.1 Å². The van der Waals surface area contributed by atoms with E-state index in [1.807, 2.05) is 0 Å². The van der Waals surface area contributed by atoms with Gasteiger partial charge >= 0.3 is 5.82 Å². The number of nitrogens with zero attached hydrogens (tertiary/aromatic N) is 3. The molecule has 0 aliphatic carbocycles. The summed E-state index contributed by atoms with van der Waals surface area (Å²) in [5.74, 6) is -0.175. The molecule has 0 unspecified atom stereocenters. The molecule has 0 N–H and O–H groups in total. The van der Waals surface area contributed by atoms with E-state index in [4.69, 9.17) is 4.74 Å². The van der Waals surface area contributed by atoms with Crippen molar-refractivity contribution in [1.29, 1.82) is 0 Å². The smallest absolute Gasteiger partial charge is 0.358 e. The Balaban J connectivity index is 2.44. The number of hydrogen-bond acceptors (Lipinski definition) is 4. The van der Waals surface area contributed by atoms with Gasteiger partial charge in [0.2, 0.25) is 0 Å². The minimum atomic E-state index is -1.10. The first-order valence-corrected chi connectivity index (χ1v) is 9.75. The molecule has 1 rings (SSSR count). The van der Waals surface area contributed by atoms with E-state index < -0.39 is 13.0 Å². The summed E-state index contributed by atoms with van der Waals surface area (Å²) in [5, 5.41) is 14.3. The van der Waals surface area contributed by atoms with Gasteiger partial charge in [0.1, 0.15) is 4.60 Å². The summed E-state index contributed by atoms with van der Waals surface area (Å²) in [6.45, 7) is 7.70. The van der Waals surface area contributed by atoms with Crippen molar-refractivity contribution in [2.45, 2.75) is 32.4 Å². The molecular weight excluding hydrogens is 306 g/mol. The average molecular weight is 322 g/mol. The Morgan fingerprint density at radius 3 is 2.71 bits per heavy atom. The van der Waals surface area contributed by atoms with Crippen LogP contribution >= 0.6 is 15.9 Å². The molecule has 6 nitrogen and oxygen atoms in total. The number of hydrogen-bond donors (Lipinski definition) is 0. The van der Waals surface area contributed by atoms with Gasteiger partial charge in [-0.3, -0.25) is 0 Å². The van der Waals surface area contributed by atoms with E-state index in [1.54, 1.807) is 0 Å². The minimum Gasteiger partial charge on any atom is -0.358 e. The van der Waals surface area contributed by atoms with E-state index >= 15 is 0 Å². The molecule has 0 radical (unpaired) electrons. The second-order valence-corrected chi connectivity index (χ2v) is 11.4. The van der Waals surface area contributed by atoms with Gasteiger partial charge in [-0.25, -0.2) is 0 Å². The first kappa shape index (κ1) is 14.3. The zero-order valence-corrected chi connectivity index (χ0v) is 12.7. The standard InChI is InChI=1S/C9H16BrN3O3Si/c1-17(2,3)5-4-16-7-12-8(10)6-9(11-12)13(14)15/h6H,4-5,7H2,1-3H3. The van der Waals surface area contributed by atoms with Crippen LogP contribution in [0.1, 0.15) is 0 Å². The fourth-order valence-corrected chi connectivity index (χ4v) is 2.23. The van der Waals surface area contributed by atoms with Crippen LogP contribution in [-0.4, -0.2) is 29.4 Å². The molecule has 1 aromatic heterocycles. The lowest BCUT2D eigenvalue weighted by Gasteiger charge is -2.14. The zero-order valence-electron chi connectivity index (χ0n) is 10.1. The van der Waals surface area contributed by atoms with Gasteiger partial charge in [0, 0.05) is 14.7 Å². The molecule has 0 saturated heterocycles. The van der Waals surface area contributed by atoms with E-state index in [1.165, 1.54) is 10.7 Å². The van der Waals surface area contributed by atoms with Crippen LogP contribution < -0.4 is 0 Å². The fraction of sp³-hybridized carbons (Fsp3) is 0.667. The van der Waals surface area contributed by atoms with Crippen molar-refractivity contribution in [1.82, 2.24) is 9.78 Å². The van der Waals surface area contributed by atoms with Crippen molar-refractivity contribution in [3.63, 3.8) is 0 Å². The molecule has 0 aliphatic rings. The molecular formula is C9H16BrN3O3Si. The molecule has 0 bridgehead atoms. The van der Waals surface area contributed by atoms with Crippen molar-refractivity contribution in [3.8, 4) is 0 Å². The van der Waals surface area contributed by atoms with Crippen LogP contribution in [0.2, 0.25) is 25.7 Å². The largest absolute Gasteiger partial charge is 0.391 e. The number of rotatable bonds is 6. The second kappa shape index (κ2) is 5.74. The third-order valence-corrected chi connectivity index (χ3v) is 4.46. The van der Waals surface area contributed by atoms with Gasteiger partial charge in [0.15, 0.2) is 6.73 Å². The first-order valence-electron chi connectivity index (χ1n) is 5.25. The van der Waals surface area contributed by atoms with Crippen LogP contribution in [0, 0.1) is 10.1 Å². The summed E-state index contributed by atoms with van der Waals surface area (Å²) in [5.41, 5.74) is 0. The lowest BCUT2D eigenvalue weighted by molar-refractivity contribution is -0.389. The monoisotopic (exact) mass is 321 g/mol. The van der Waals surface area contributed by atoms with Gasteiger partial charge in [0.25, 0.3) is 0 Å². The van der Waals surface area contributed by atoms with E-state index in [0.717, 1.165) is 6.04 Å². The molecule has 8 heteroatoms. The Labute approximate surface area is 109 Å². The van der Waals surface area contributed by atoms with Crippen LogP contribution in [0.25, 0.3) is 0 Å². The Morgan fingerprint density at radius 1 is 1.59 bits per heavy atom. The summed E-state index contributed by atoms with van der Waals surface area (Å²) in [6, 6.07) is 2.43. The van der Waals surface area contributed by atoms with Crippen LogP contribution in [0.15, 0.2) is 10.7 Å². The third-order valence-electron chi connectivity index (χ3n) is 2.11. The van der Waals surface area contributed by atoms with Gasteiger partial charge in [-0.2, -0.15) is 0 Å². The van der Waals surface area contributed by atoms with Crippen LogP contribution in [0.4, 0.5) is 5.82 Å². The van der Waals surface area contributed by atoms with Gasteiger partial charge in [0.05, 0.1) is 11.2 Å². The van der Waals surface area contributed by atoms with Crippen LogP contribution in [0.5, 0.6) is 0 Å². The summed E-state index contributed by atoms with van der Waals surface area (Å²) >= 11 is 3.20. The SMILES string of the molecule is C[Si](C)(C)CCOCn1nc([N+](=O)[O-])cc1Br. The molecule has 1 heterocycles. The molecule has 0 aromatic carbocycles. The fourth-order valence-electron chi connectivity index (χ4n) is 1.09. The quantitative estimate of drug-likeness (QED) is 0.349. The highest BCUT2D eigenvalue weighted by atomic mass is 79.9. The maximum atomic E-state index is 10.5. The predicted molar refractivity (Wildman–Crippen MR) is 70.7 cm³/mol. The van der Waals surface area contributed by atoms with Crippen molar-refractivity contribution >= 4 is 29.8 Å². The van der Waals surface area contributed by atoms with Gasteiger partial charge < -0.3 is 14.9 Å². The molecule has 0 saturated carbocycles. The van der Waals surface area contributed by atoms with E-state index in [-0.39, 0.29) is 12.5 Å². The normalized spacial score (nSPS) is 11.8. The van der Waals surface area contributed by atoms with Crippen molar-refractivity contribution < 1.29 is 9.66 Å². The van der Waals surface area contributed by atoms with Crippen LogP contribution in [-0.2, 0) is 11.5 Å². The molecule has 0 spiro atoms. The van der Waals surface area contributed by atoms with Crippen molar-refractivity contribution in [3.05, 3.63) is 20.8 Å². The third kappa shape index (κ3) is 4.96. The molecule has 17 heavy (non-hydrogen) atoms. The summed E-state index contributed by atoms with van der Waals surface area (Å²) in [6.07, 6.45) is 0. The minimum absolute atomic E-state index is 0.175. The Kier molecular flexibility index (Phi) is 4.84. The Morgan fingerprint density at radius 2 is 2.24 bits per heavy atom. The second-order valence-electron chi connectivity index (χ2n) is 4.93. The summed E-state index contributed by atoms with van der Waals surface area (Å²) < 4.78 is 7.44. The molecule has 0 atom stereocenters. The van der Waals surface area contributed by atoms with Gasteiger partial charge in [-0.15, -0.1) is 4.68 Å². The summed E-state index contributed by atoms with van der Waals surface area (Å²) in [7, 11) is -1.10. The molecule has 0 amide bonds. The van der Waals surface area contributed by atoms with Gasteiger partial charge in [-0.05, 0) is 26.9 Å². The lowest BCUT2D eigenvalue weighted by atomic mass is 10.7. The average Bonchev–Trinajstić information content (AvgIpc) is 2.54. The zero-order chi connectivity index (χ0) is 13.1. The molecule has 1 aromatic rings. The van der Waals surface area contributed by atoms with Crippen molar-refractivity contribution in [2.75, 3.05) is 6.61 Å². The predicted octanol–water partition coefficient (Wildman–Crippen LogP) is 2.87. The molecule has 96 valence electrons. The Hall–Kier alpha value is -0.733. The maximum absolute atomic E-state index is 10.5. The highest BCUT2D eigenvalue weighted by Gasteiger charge is 2.17. The first-order chi connectivity index (χ1) is 7.79. The van der Waals surface area contributed by atoms with E-state index in [0.29, 0.717) is 11.2 Å². The highest BCUT2D eigenvalue weighted by molar-refractivity contribution is 9.10.